The Labute approximate surface area is 113 Å². The molecule has 3 atom stereocenters. The monoisotopic (exact) mass is 253 g/mol. The van der Waals surface area contributed by atoms with E-state index in [1.165, 1.54) is 17.5 Å². The van der Waals surface area contributed by atoms with E-state index in [4.69, 9.17) is 5.84 Å². The van der Waals surface area contributed by atoms with Gasteiger partial charge in [0.2, 0.25) is 0 Å². The van der Waals surface area contributed by atoms with Crippen LogP contribution in [0, 0.1) is 12.8 Å². The highest BCUT2D eigenvalue weighted by Gasteiger charge is 2.44. The maximum atomic E-state index is 5.77. The third-order valence-electron chi connectivity index (χ3n) is 3.96. The smallest absolute Gasteiger partial charge is 0.0495 e. The lowest BCUT2D eigenvalue weighted by atomic mass is 9.99. The zero-order chi connectivity index (χ0) is 13.2. The van der Waals surface area contributed by atoms with Crippen LogP contribution in [-0.4, -0.2) is 4.98 Å². The fourth-order valence-corrected chi connectivity index (χ4v) is 2.89. The van der Waals surface area contributed by atoms with Gasteiger partial charge in [0.25, 0.3) is 0 Å². The molecular weight excluding hydrogens is 234 g/mol. The highest BCUT2D eigenvalue weighted by atomic mass is 15.2. The molecule has 3 unspecified atom stereocenters. The average Bonchev–Trinajstić information content (AvgIpc) is 3.21. The van der Waals surface area contributed by atoms with Gasteiger partial charge in [-0.1, -0.05) is 30.3 Å². The molecule has 0 bridgehead atoms. The zero-order valence-corrected chi connectivity index (χ0v) is 11.1. The molecule has 3 rings (SSSR count). The summed E-state index contributed by atoms with van der Waals surface area (Å²) in [6, 6.07) is 15.1. The summed E-state index contributed by atoms with van der Waals surface area (Å²) in [4.78, 5) is 4.24. The van der Waals surface area contributed by atoms with Crippen molar-refractivity contribution in [3.8, 4) is 0 Å². The third kappa shape index (κ3) is 2.53. The first-order chi connectivity index (χ1) is 9.29. The summed E-state index contributed by atoms with van der Waals surface area (Å²) in [5.74, 6) is 6.96. The molecule has 1 saturated carbocycles. The van der Waals surface area contributed by atoms with Crippen LogP contribution < -0.4 is 11.3 Å². The van der Waals surface area contributed by atoms with Gasteiger partial charge in [-0.15, -0.1) is 0 Å². The molecule has 1 aromatic heterocycles. The number of hydrogen-bond acceptors (Lipinski definition) is 3. The molecule has 1 aliphatic rings. The van der Waals surface area contributed by atoms with Crippen molar-refractivity contribution in [2.24, 2.45) is 11.8 Å². The van der Waals surface area contributed by atoms with Crippen LogP contribution in [0.2, 0.25) is 0 Å². The molecule has 3 N–H and O–H groups in total. The van der Waals surface area contributed by atoms with Gasteiger partial charge in [-0.3, -0.25) is 16.3 Å². The van der Waals surface area contributed by atoms with Gasteiger partial charge in [0.1, 0.15) is 0 Å². The SMILES string of the molecule is Cc1cc(C(NN)C2CC2c2ccccc2)ccn1. The first kappa shape index (κ1) is 12.3. The lowest BCUT2D eigenvalue weighted by Gasteiger charge is -2.16. The lowest BCUT2D eigenvalue weighted by molar-refractivity contribution is 0.486. The van der Waals surface area contributed by atoms with Crippen molar-refractivity contribution in [1.82, 2.24) is 10.4 Å². The van der Waals surface area contributed by atoms with E-state index in [0.29, 0.717) is 11.8 Å². The predicted molar refractivity (Wildman–Crippen MR) is 76.3 cm³/mol. The van der Waals surface area contributed by atoms with Gasteiger partial charge in [0.05, 0.1) is 0 Å². The number of hydrazine groups is 1. The van der Waals surface area contributed by atoms with Gasteiger partial charge in [-0.2, -0.15) is 0 Å². The standard InChI is InChI=1S/C16H19N3/c1-11-9-13(7-8-18-11)16(19-17)15-10-14(15)12-5-3-2-4-6-12/h2-9,14-16,19H,10,17H2,1H3. The number of benzene rings is 1. The van der Waals surface area contributed by atoms with E-state index in [1.54, 1.807) is 0 Å². The minimum absolute atomic E-state index is 0.215. The molecule has 3 heteroatoms. The molecule has 0 aliphatic heterocycles. The first-order valence-electron chi connectivity index (χ1n) is 6.73. The van der Waals surface area contributed by atoms with Crippen LogP contribution in [0.3, 0.4) is 0 Å². The Morgan fingerprint density at radius 2 is 2.05 bits per heavy atom. The van der Waals surface area contributed by atoms with Crippen LogP contribution >= 0.6 is 0 Å². The molecule has 0 radical (unpaired) electrons. The Morgan fingerprint density at radius 1 is 1.26 bits per heavy atom. The van der Waals surface area contributed by atoms with E-state index in [-0.39, 0.29) is 6.04 Å². The maximum absolute atomic E-state index is 5.77. The van der Waals surface area contributed by atoms with Crippen LogP contribution in [-0.2, 0) is 0 Å². The zero-order valence-electron chi connectivity index (χ0n) is 11.1. The van der Waals surface area contributed by atoms with Crippen molar-refractivity contribution in [2.45, 2.75) is 25.3 Å². The second-order valence-corrected chi connectivity index (χ2v) is 5.29. The first-order valence-corrected chi connectivity index (χ1v) is 6.73. The molecule has 0 spiro atoms. The highest BCUT2D eigenvalue weighted by molar-refractivity contribution is 5.30. The second kappa shape index (κ2) is 5.11. The number of aromatic nitrogens is 1. The second-order valence-electron chi connectivity index (χ2n) is 5.29. The normalized spacial score (nSPS) is 23.1. The fourth-order valence-electron chi connectivity index (χ4n) is 2.89. The van der Waals surface area contributed by atoms with Crippen LogP contribution in [0.1, 0.15) is 35.2 Å². The van der Waals surface area contributed by atoms with Crippen LogP contribution in [0.15, 0.2) is 48.7 Å². The number of aryl methyl sites for hydroxylation is 1. The molecule has 3 nitrogen and oxygen atoms in total. The van der Waals surface area contributed by atoms with Gasteiger partial charge in [0.15, 0.2) is 0 Å². The summed E-state index contributed by atoms with van der Waals surface area (Å²) in [5.41, 5.74) is 6.67. The number of rotatable bonds is 4. The van der Waals surface area contributed by atoms with Crippen LogP contribution in [0.25, 0.3) is 0 Å². The van der Waals surface area contributed by atoms with Crippen molar-refractivity contribution in [2.75, 3.05) is 0 Å². The number of hydrogen-bond donors (Lipinski definition) is 2. The van der Waals surface area contributed by atoms with E-state index in [1.807, 2.05) is 13.1 Å². The Bertz CT molecular complexity index is 553. The molecule has 1 aliphatic carbocycles. The van der Waals surface area contributed by atoms with Crippen molar-refractivity contribution < 1.29 is 0 Å². The number of nitrogens with zero attached hydrogens (tertiary/aromatic N) is 1. The number of pyridine rings is 1. The van der Waals surface area contributed by atoms with Gasteiger partial charge in [-0.05, 0) is 48.4 Å². The summed E-state index contributed by atoms with van der Waals surface area (Å²) >= 11 is 0. The van der Waals surface area contributed by atoms with E-state index in [9.17, 15) is 0 Å². The average molecular weight is 253 g/mol. The van der Waals surface area contributed by atoms with Gasteiger partial charge < -0.3 is 0 Å². The van der Waals surface area contributed by atoms with Crippen molar-refractivity contribution in [3.63, 3.8) is 0 Å². The molecule has 1 heterocycles. The van der Waals surface area contributed by atoms with Crippen molar-refractivity contribution in [3.05, 3.63) is 65.5 Å². The Morgan fingerprint density at radius 3 is 2.74 bits per heavy atom. The molecule has 1 fully saturated rings. The molecule has 0 saturated heterocycles. The molecule has 0 amide bonds. The van der Waals surface area contributed by atoms with Gasteiger partial charge in [0, 0.05) is 17.9 Å². The highest BCUT2D eigenvalue weighted by Crippen LogP contribution is 2.53. The number of nitrogens with two attached hydrogens (primary N) is 1. The summed E-state index contributed by atoms with van der Waals surface area (Å²) in [6.07, 6.45) is 3.05. The summed E-state index contributed by atoms with van der Waals surface area (Å²) < 4.78 is 0. The third-order valence-corrected chi connectivity index (χ3v) is 3.96. The Hall–Kier alpha value is -1.71. The van der Waals surface area contributed by atoms with Crippen LogP contribution in [0.5, 0.6) is 0 Å². The van der Waals surface area contributed by atoms with Crippen molar-refractivity contribution in [1.29, 1.82) is 0 Å². The summed E-state index contributed by atoms with van der Waals surface area (Å²) in [5, 5.41) is 0. The van der Waals surface area contributed by atoms with Gasteiger partial charge in [-0.25, -0.2) is 0 Å². The minimum atomic E-state index is 0.215. The quantitative estimate of drug-likeness (QED) is 0.650. The van der Waals surface area contributed by atoms with E-state index in [0.717, 1.165) is 5.69 Å². The van der Waals surface area contributed by atoms with E-state index in [2.05, 4.69) is 52.9 Å². The van der Waals surface area contributed by atoms with Gasteiger partial charge >= 0.3 is 0 Å². The topological polar surface area (TPSA) is 50.9 Å². The molecular formula is C16H19N3. The summed E-state index contributed by atoms with van der Waals surface area (Å²) in [6.45, 7) is 2.01. The molecule has 1 aromatic carbocycles. The molecule has 98 valence electrons. The largest absolute Gasteiger partial charge is 0.271 e. The van der Waals surface area contributed by atoms with E-state index < -0.39 is 0 Å². The number of nitrogens with one attached hydrogen (secondary N) is 1. The van der Waals surface area contributed by atoms with Crippen molar-refractivity contribution >= 4 is 0 Å². The fraction of sp³-hybridized carbons (Fsp3) is 0.312. The minimum Gasteiger partial charge on any atom is -0.271 e. The Kier molecular flexibility index (Phi) is 3.32. The molecule has 2 aromatic rings. The lowest BCUT2D eigenvalue weighted by Crippen LogP contribution is -2.30. The van der Waals surface area contributed by atoms with Crippen LogP contribution in [0.4, 0.5) is 0 Å². The summed E-state index contributed by atoms with van der Waals surface area (Å²) in [7, 11) is 0. The maximum Gasteiger partial charge on any atom is 0.0495 e. The van der Waals surface area contributed by atoms with E-state index >= 15 is 0 Å². The Balaban J connectivity index is 1.79. The predicted octanol–water partition coefficient (Wildman–Crippen LogP) is 2.70. The molecule has 19 heavy (non-hydrogen) atoms.